The molecule has 1 atom stereocenters. The van der Waals surface area contributed by atoms with Crippen LogP contribution in [0, 0.1) is 0 Å². The minimum absolute atomic E-state index is 0.500. The highest BCUT2D eigenvalue weighted by Crippen LogP contribution is 2.40. The second kappa shape index (κ2) is 6.87. The van der Waals surface area contributed by atoms with Gasteiger partial charge >= 0.3 is 0 Å². The predicted octanol–water partition coefficient (Wildman–Crippen LogP) is 4.45. The second-order valence-corrected chi connectivity index (χ2v) is 7.10. The minimum Gasteiger partial charge on any atom is -0.340 e. The summed E-state index contributed by atoms with van der Waals surface area (Å²) in [5.74, 6) is 0. The Hall–Kier alpha value is -0.960. The molecule has 1 heterocycles. The SMILES string of the molecule is CCCC[NH2+][C@@H]1Cc2cc(Cl)ccc2Sc2ccccc21. The number of benzene rings is 2. The molecule has 0 bridgehead atoms. The van der Waals surface area contributed by atoms with Gasteiger partial charge in [-0.15, -0.1) is 0 Å². The Morgan fingerprint density at radius 2 is 2.05 bits per heavy atom. The summed E-state index contributed by atoms with van der Waals surface area (Å²) in [5.41, 5.74) is 2.84. The van der Waals surface area contributed by atoms with Gasteiger partial charge in [0, 0.05) is 26.8 Å². The highest BCUT2D eigenvalue weighted by Gasteiger charge is 2.24. The van der Waals surface area contributed by atoms with Crippen LogP contribution in [-0.4, -0.2) is 6.54 Å². The highest BCUT2D eigenvalue weighted by atomic mass is 35.5. The van der Waals surface area contributed by atoms with Crippen LogP contribution >= 0.6 is 23.4 Å². The molecule has 0 saturated carbocycles. The summed E-state index contributed by atoms with van der Waals surface area (Å²) in [6, 6.07) is 15.6. The van der Waals surface area contributed by atoms with Gasteiger partial charge in [-0.2, -0.15) is 0 Å². The summed E-state index contributed by atoms with van der Waals surface area (Å²) in [6.45, 7) is 3.44. The number of halogens is 1. The topological polar surface area (TPSA) is 16.6 Å². The van der Waals surface area contributed by atoms with E-state index < -0.39 is 0 Å². The standard InChI is InChI=1S/C18H20ClNS/c1-2-3-10-20-16-12-13-11-14(19)8-9-17(13)21-18-7-5-4-6-15(16)18/h4-9,11,16,20H,2-3,10,12H2,1H3/p+1/t16-/m1/s1. The van der Waals surface area contributed by atoms with E-state index in [1.54, 1.807) is 0 Å². The molecule has 3 rings (SSSR count). The van der Waals surface area contributed by atoms with Crippen molar-refractivity contribution in [1.29, 1.82) is 0 Å². The fourth-order valence-electron chi connectivity index (χ4n) is 2.89. The Kier molecular flexibility index (Phi) is 4.89. The molecule has 0 unspecified atom stereocenters. The summed E-state index contributed by atoms with van der Waals surface area (Å²) >= 11 is 8.07. The summed E-state index contributed by atoms with van der Waals surface area (Å²) in [7, 11) is 0. The van der Waals surface area contributed by atoms with Crippen LogP contribution in [0.15, 0.2) is 52.3 Å². The van der Waals surface area contributed by atoms with Gasteiger partial charge in [0.1, 0.15) is 6.04 Å². The van der Waals surface area contributed by atoms with E-state index in [-0.39, 0.29) is 0 Å². The molecule has 21 heavy (non-hydrogen) atoms. The molecule has 0 aliphatic carbocycles. The molecule has 0 radical (unpaired) electrons. The van der Waals surface area contributed by atoms with Gasteiger partial charge in [0.2, 0.25) is 0 Å². The van der Waals surface area contributed by atoms with Crippen molar-refractivity contribution in [3.8, 4) is 0 Å². The van der Waals surface area contributed by atoms with Crippen LogP contribution in [0.4, 0.5) is 0 Å². The maximum atomic E-state index is 6.20. The quantitative estimate of drug-likeness (QED) is 0.824. The minimum atomic E-state index is 0.500. The normalized spacial score (nSPS) is 17.0. The number of quaternary nitrogens is 1. The van der Waals surface area contributed by atoms with E-state index in [1.807, 2.05) is 17.8 Å². The zero-order chi connectivity index (χ0) is 14.7. The first-order valence-electron chi connectivity index (χ1n) is 7.66. The third-order valence-corrected chi connectivity index (χ3v) is 5.45. The van der Waals surface area contributed by atoms with Gasteiger partial charge in [0.05, 0.1) is 6.54 Å². The van der Waals surface area contributed by atoms with Crippen molar-refractivity contribution in [3.05, 3.63) is 58.6 Å². The molecule has 2 aromatic carbocycles. The molecule has 0 fully saturated rings. The molecule has 0 spiro atoms. The second-order valence-electron chi connectivity index (χ2n) is 5.58. The zero-order valence-corrected chi connectivity index (χ0v) is 13.9. The lowest BCUT2D eigenvalue weighted by Gasteiger charge is -2.16. The van der Waals surface area contributed by atoms with Crippen molar-refractivity contribution in [2.24, 2.45) is 0 Å². The Labute approximate surface area is 136 Å². The number of hydrogen-bond acceptors (Lipinski definition) is 1. The first-order chi connectivity index (χ1) is 10.3. The third-order valence-electron chi connectivity index (χ3n) is 4.01. The number of hydrogen-bond donors (Lipinski definition) is 1. The monoisotopic (exact) mass is 318 g/mol. The van der Waals surface area contributed by atoms with Gasteiger partial charge in [-0.3, -0.25) is 0 Å². The summed E-state index contributed by atoms with van der Waals surface area (Å²) in [5, 5.41) is 3.34. The Balaban J connectivity index is 1.95. The number of unbranched alkanes of at least 4 members (excludes halogenated alkanes) is 1. The van der Waals surface area contributed by atoms with Crippen molar-refractivity contribution in [2.45, 2.75) is 42.0 Å². The molecule has 3 heteroatoms. The largest absolute Gasteiger partial charge is 0.340 e. The van der Waals surface area contributed by atoms with E-state index in [9.17, 15) is 0 Å². The molecule has 2 aromatic rings. The van der Waals surface area contributed by atoms with Crippen LogP contribution in [0.3, 0.4) is 0 Å². The maximum absolute atomic E-state index is 6.20. The fourth-order valence-corrected chi connectivity index (χ4v) is 4.21. The van der Waals surface area contributed by atoms with Crippen LogP contribution in [0.5, 0.6) is 0 Å². The van der Waals surface area contributed by atoms with E-state index in [1.165, 1.54) is 40.3 Å². The highest BCUT2D eigenvalue weighted by molar-refractivity contribution is 7.99. The van der Waals surface area contributed by atoms with Gasteiger partial charge < -0.3 is 5.32 Å². The van der Waals surface area contributed by atoms with Crippen molar-refractivity contribution in [3.63, 3.8) is 0 Å². The van der Waals surface area contributed by atoms with Crippen LogP contribution in [0.1, 0.15) is 36.9 Å². The van der Waals surface area contributed by atoms with Gasteiger partial charge in [-0.25, -0.2) is 0 Å². The third kappa shape index (κ3) is 3.45. The first-order valence-corrected chi connectivity index (χ1v) is 8.86. The van der Waals surface area contributed by atoms with Crippen molar-refractivity contribution >= 4 is 23.4 Å². The van der Waals surface area contributed by atoms with E-state index >= 15 is 0 Å². The number of nitrogens with two attached hydrogens (primary N) is 1. The molecule has 1 aliphatic rings. The first kappa shape index (κ1) is 15.0. The lowest BCUT2D eigenvalue weighted by molar-refractivity contribution is -0.696. The predicted molar refractivity (Wildman–Crippen MR) is 90.2 cm³/mol. The van der Waals surface area contributed by atoms with Crippen LogP contribution in [0.2, 0.25) is 5.02 Å². The zero-order valence-electron chi connectivity index (χ0n) is 12.3. The molecule has 0 saturated heterocycles. The smallest absolute Gasteiger partial charge is 0.117 e. The maximum Gasteiger partial charge on any atom is 0.117 e. The summed E-state index contributed by atoms with van der Waals surface area (Å²) in [6.07, 6.45) is 3.58. The Bertz CT molecular complexity index is 626. The lowest BCUT2D eigenvalue weighted by Crippen LogP contribution is -2.85. The molecule has 0 amide bonds. The van der Waals surface area contributed by atoms with E-state index in [0.29, 0.717) is 6.04 Å². The van der Waals surface area contributed by atoms with Gasteiger partial charge in [-0.05, 0) is 36.2 Å². The fraction of sp³-hybridized carbons (Fsp3) is 0.333. The average Bonchev–Trinajstić information content (AvgIpc) is 2.64. The van der Waals surface area contributed by atoms with Gasteiger partial charge in [-0.1, -0.05) is 54.9 Å². The van der Waals surface area contributed by atoms with Crippen molar-refractivity contribution in [1.82, 2.24) is 0 Å². The van der Waals surface area contributed by atoms with E-state index in [4.69, 9.17) is 11.6 Å². The number of rotatable bonds is 4. The average molecular weight is 319 g/mol. The van der Waals surface area contributed by atoms with E-state index in [2.05, 4.69) is 48.6 Å². The molecule has 2 N–H and O–H groups in total. The van der Waals surface area contributed by atoms with Crippen LogP contribution < -0.4 is 5.32 Å². The molecule has 110 valence electrons. The van der Waals surface area contributed by atoms with Crippen molar-refractivity contribution in [2.75, 3.05) is 6.54 Å². The molecule has 0 aromatic heterocycles. The molecular weight excluding hydrogens is 298 g/mol. The summed E-state index contributed by atoms with van der Waals surface area (Å²) < 4.78 is 0. The molecule has 1 nitrogen and oxygen atoms in total. The molecule has 1 aliphatic heterocycles. The van der Waals surface area contributed by atoms with E-state index in [0.717, 1.165) is 11.4 Å². The van der Waals surface area contributed by atoms with Crippen LogP contribution in [-0.2, 0) is 6.42 Å². The van der Waals surface area contributed by atoms with Gasteiger partial charge in [0.25, 0.3) is 0 Å². The molecular formula is C18H21ClNS+. The van der Waals surface area contributed by atoms with Crippen LogP contribution in [0.25, 0.3) is 0 Å². The Morgan fingerprint density at radius 1 is 1.19 bits per heavy atom. The number of fused-ring (bicyclic) bond motifs is 2. The lowest BCUT2D eigenvalue weighted by atomic mass is 9.98. The van der Waals surface area contributed by atoms with Crippen molar-refractivity contribution < 1.29 is 5.32 Å². The Morgan fingerprint density at radius 3 is 2.90 bits per heavy atom. The van der Waals surface area contributed by atoms with Gasteiger partial charge in [0.15, 0.2) is 0 Å². The summed E-state index contributed by atoms with van der Waals surface area (Å²) in [4.78, 5) is 2.73.